The molecule has 7 nitrogen and oxygen atoms in total. The summed E-state index contributed by atoms with van der Waals surface area (Å²) in [4.78, 5) is 7.01. The molecule has 0 bridgehead atoms. The zero-order valence-corrected chi connectivity index (χ0v) is 12.3. The molecule has 2 aliphatic rings. The minimum absolute atomic E-state index is 0.211. The number of nitrogens with zero attached hydrogens (tertiary/aromatic N) is 2. The van der Waals surface area contributed by atoms with Crippen LogP contribution >= 0.6 is 0 Å². The molecule has 0 aromatic carbocycles. The van der Waals surface area contributed by atoms with Crippen molar-refractivity contribution in [2.75, 3.05) is 54.1 Å². The van der Waals surface area contributed by atoms with Crippen molar-refractivity contribution in [2.24, 2.45) is 4.99 Å². The smallest absolute Gasteiger partial charge is 0.194 e. The van der Waals surface area contributed by atoms with Gasteiger partial charge in [-0.3, -0.25) is 0 Å². The Morgan fingerprint density at radius 2 is 1.80 bits per heavy atom. The van der Waals surface area contributed by atoms with Crippen molar-refractivity contribution in [3.63, 3.8) is 0 Å². The summed E-state index contributed by atoms with van der Waals surface area (Å²) in [6, 6.07) is 0.515. The molecule has 0 amide bonds. The van der Waals surface area contributed by atoms with E-state index >= 15 is 0 Å². The number of fused-ring (bicyclic) bond motifs is 1. The van der Waals surface area contributed by atoms with Crippen molar-refractivity contribution in [3.8, 4) is 0 Å². The third-order valence-electron chi connectivity index (χ3n) is 3.45. The first-order chi connectivity index (χ1) is 9.83. The minimum Gasteiger partial charge on any atom is -0.359 e. The molecule has 0 aliphatic carbocycles. The number of methoxy groups -OCH3 is 2. The Hall–Kier alpha value is -0.890. The van der Waals surface area contributed by atoms with Crippen LogP contribution in [0.5, 0.6) is 0 Å². The lowest BCUT2D eigenvalue weighted by molar-refractivity contribution is -0.0402. The predicted octanol–water partition coefficient (Wildman–Crippen LogP) is 0.0196. The van der Waals surface area contributed by atoms with E-state index in [-0.39, 0.29) is 6.04 Å². The van der Waals surface area contributed by atoms with Crippen LogP contribution in [0.1, 0.15) is 12.8 Å². The second-order valence-electron chi connectivity index (χ2n) is 5.07. The number of guanidine groups is 1. The van der Waals surface area contributed by atoms with Crippen LogP contribution in [0.2, 0.25) is 0 Å². The van der Waals surface area contributed by atoms with Crippen LogP contribution < -0.4 is 5.32 Å². The van der Waals surface area contributed by atoms with E-state index in [0.29, 0.717) is 32.8 Å². The summed E-state index contributed by atoms with van der Waals surface area (Å²) in [6.07, 6.45) is 2.09. The normalized spacial score (nSPS) is 25.9. The van der Waals surface area contributed by atoms with Crippen molar-refractivity contribution in [1.29, 1.82) is 0 Å². The molecular weight excluding hydrogens is 262 g/mol. The highest BCUT2D eigenvalue weighted by molar-refractivity contribution is 5.81. The van der Waals surface area contributed by atoms with Gasteiger partial charge in [-0.2, -0.15) is 0 Å². The molecule has 0 spiro atoms. The van der Waals surface area contributed by atoms with Crippen LogP contribution in [0.4, 0.5) is 0 Å². The second-order valence-corrected chi connectivity index (χ2v) is 5.07. The number of ether oxygens (including phenoxy) is 4. The zero-order valence-electron chi connectivity index (χ0n) is 12.3. The van der Waals surface area contributed by atoms with Gasteiger partial charge in [0.2, 0.25) is 0 Å². The predicted molar refractivity (Wildman–Crippen MR) is 74.6 cm³/mol. The van der Waals surface area contributed by atoms with E-state index in [1.165, 1.54) is 0 Å². The van der Waals surface area contributed by atoms with Gasteiger partial charge in [-0.05, 0) is 12.8 Å². The SMILES string of the molecule is COCOC[C@@H]1CCN2CC[C@@H](COCOC)NC2=N1. The summed E-state index contributed by atoms with van der Waals surface area (Å²) < 4.78 is 20.6. The van der Waals surface area contributed by atoms with E-state index < -0.39 is 0 Å². The highest BCUT2D eigenvalue weighted by Crippen LogP contribution is 2.15. The van der Waals surface area contributed by atoms with Crippen molar-refractivity contribution in [2.45, 2.75) is 24.9 Å². The average Bonchev–Trinajstić information content (AvgIpc) is 2.47. The summed E-state index contributed by atoms with van der Waals surface area (Å²) in [5, 5.41) is 3.44. The van der Waals surface area contributed by atoms with Crippen LogP contribution in [0.15, 0.2) is 4.99 Å². The number of hydrogen-bond acceptors (Lipinski definition) is 7. The summed E-state index contributed by atoms with van der Waals surface area (Å²) in [5.41, 5.74) is 0. The first kappa shape index (κ1) is 15.5. The molecule has 0 radical (unpaired) electrons. The van der Waals surface area contributed by atoms with Crippen LogP contribution in [0.3, 0.4) is 0 Å². The lowest BCUT2D eigenvalue weighted by atomic mass is 10.1. The lowest BCUT2D eigenvalue weighted by Gasteiger charge is -2.39. The Balaban J connectivity index is 1.79. The molecule has 1 fully saturated rings. The third kappa shape index (κ3) is 4.59. The largest absolute Gasteiger partial charge is 0.359 e. The van der Waals surface area contributed by atoms with E-state index in [9.17, 15) is 0 Å². The number of nitrogens with one attached hydrogen (secondary N) is 1. The molecule has 2 aliphatic heterocycles. The van der Waals surface area contributed by atoms with Gasteiger partial charge in [-0.15, -0.1) is 0 Å². The molecule has 0 unspecified atom stereocenters. The van der Waals surface area contributed by atoms with Crippen molar-refractivity contribution in [3.05, 3.63) is 0 Å². The molecule has 20 heavy (non-hydrogen) atoms. The average molecular weight is 287 g/mol. The Kier molecular flexibility index (Phi) is 6.52. The van der Waals surface area contributed by atoms with Gasteiger partial charge < -0.3 is 29.2 Å². The van der Waals surface area contributed by atoms with E-state index in [1.54, 1.807) is 14.2 Å². The summed E-state index contributed by atoms with van der Waals surface area (Å²) in [7, 11) is 3.26. The molecule has 2 heterocycles. The highest BCUT2D eigenvalue weighted by Gasteiger charge is 2.28. The first-order valence-electron chi connectivity index (χ1n) is 7.06. The molecule has 0 aromatic heterocycles. The molecule has 0 saturated carbocycles. The Morgan fingerprint density at radius 3 is 2.55 bits per heavy atom. The monoisotopic (exact) mass is 287 g/mol. The van der Waals surface area contributed by atoms with Gasteiger partial charge in [0.25, 0.3) is 0 Å². The van der Waals surface area contributed by atoms with Crippen molar-refractivity contribution >= 4 is 5.96 Å². The molecule has 2 rings (SSSR count). The molecule has 1 N–H and O–H groups in total. The van der Waals surface area contributed by atoms with Crippen LogP contribution in [0.25, 0.3) is 0 Å². The molecular formula is C13H25N3O4. The number of hydrogen-bond donors (Lipinski definition) is 1. The summed E-state index contributed by atoms with van der Waals surface area (Å²) in [6.45, 7) is 3.97. The summed E-state index contributed by atoms with van der Waals surface area (Å²) >= 11 is 0. The van der Waals surface area contributed by atoms with E-state index in [1.807, 2.05) is 0 Å². The maximum atomic E-state index is 5.41. The summed E-state index contributed by atoms with van der Waals surface area (Å²) in [5.74, 6) is 0.972. The van der Waals surface area contributed by atoms with Crippen LogP contribution in [-0.4, -0.2) is 77.1 Å². The van der Waals surface area contributed by atoms with Gasteiger partial charge in [0.15, 0.2) is 5.96 Å². The number of rotatable bonds is 8. The fraction of sp³-hybridized carbons (Fsp3) is 0.923. The number of aliphatic imine (C=N–C) groups is 1. The van der Waals surface area contributed by atoms with Crippen molar-refractivity contribution in [1.82, 2.24) is 10.2 Å². The van der Waals surface area contributed by atoms with Gasteiger partial charge in [0, 0.05) is 27.3 Å². The van der Waals surface area contributed by atoms with Gasteiger partial charge in [-0.25, -0.2) is 4.99 Å². The maximum Gasteiger partial charge on any atom is 0.194 e. The highest BCUT2D eigenvalue weighted by atomic mass is 16.7. The quantitative estimate of drug-likeness (QED) is 0.501. The van der Waals surface area contributed by atoms with Crippen molar-refractivity contribution < 1.29 is 18.9 Å². The lowest BCUT2D eigenvalue weighted by Crippen LogP contribution is -2.56. The van der Waals surface area contributed by atoms with Crippen LogP contribution in [-0.2, 0) is 18.9 Å². The molecule has 7 heteroatoms. The fourth-order valence-corrected chi connectivity index (χ4v) is 2.43. The van der Waals surface area contributed by atoms with E-state index in [4.69, 9.17) is 23.9 Å². The van der Waals surface area contributed by atoms with Gasteiger partial charge in [0.1, 0.15) is 13.6 Å². The van der Waals surface area contributed by atoms with Gasteiger partial charge in [-0.1, -0.05) is 0 Å². The zero-order chi connectivity index (χ0) is 14.2. The Labute approximate surface area is 120 Å². The van der Waals surface area contributed by atoms with E-state index in [2.05, 4.69) is 10.2 Å². The standard InChI is InChI=1S/C13H25N3O4/c1-17-9-19-7-11-3-5-16-6-4-12(8-20-10-18-2)15-13(16)14-11/h11-12H,3-10H2,1-2H3,(H,14,15)/t11-,12-/m0/s1. The van der Waals surface area contributed by atoms with Gasteiger partial charge >= 0.3 is 0 Å². The van der Waals surface area contributed by atoms with E-state index in [0.717, 1.165) is 31.9 Å². The third-order valence-corrected chi connectivity index (χ3v) is 3.45. The Bertz CT molecular complexity index is 314. The molecule has 1 saturated heterocycles. The maximum absolute atomic E-state index is 5.41. The fourth-order valence-electron chi connectivity index (χ4n) is 2.43. The van der Waals surface area contributed by atoms with Crippen LogP contribution in [0, 0.1) is 0 Å². The topological polar surface area (TPSA) is 64.6 Å². The Morgan fingerprint density at radius 1 is 1.10 bits per heavy atom. The van der Waals surface area contributed by atoms with Gasteiger partial charge in [0.05, 0.1) is 25.3 Å². The minimum atomic E-state index is 0.211. The molecule has 0 aromatic rings. The molecule has 116 valence electrons. The second kappa shape index (κ2) is 8.41. The molecule has 2 atom stereocenters. The first-order valence-corrected chi connectivity index (χ1v) is 7.06.